The molecule has 2 rings (SSSR count). The minimum atomic E-state index is -0.704. The van der Waals surface area contributed by atoms with E-state index in [4.69, 9.17) is 0 Å². The zero-order valence-electron chi connectivity index (χ0n) is 10.7. The molecular formula is C14H21NO2S. The van der Waals surface area contributed by atoms with Crippen molar-refractivity contribution in [2.45, 2.75) is 57.0 Å². The molecule has 0 spiro atoms. The van der Waals surface area contributed by atoms with Crippen LogP contribution in [0.2, 0.25) is 0 Å². The van der Waals surface area contributed by atoms with E-state index in [-0.39, 0.29) is 0 Å². The number of aliphatic carboxylic acids is 1. The monoisotopic (exact) mass is 267 g/mol. The molecule has 0 bridgehead atoms. The van der Waals surface area contributed by atoms with Crippen LogP contribution in [0, 0.1) is 0 Å². The maximum Gasteiger partial charge on any atom is 0.323 e. The van der Waals surface area contributed by atoms with Crippen molar-refractivity contribution < 1.29 is 9.90 Å². The molecule has 2 N–H and O–H groups in total. The first-order valence-corrected chi connectivity index (χ1v) is 7.62. The van der Waals surface area contributed by atoms with Gasteiger partial charge in [-0.2, -0.15) is 0 Å². The molecule has 1 aromatic rings. The first kappa shape index (κ1) is 13.6. The van der Waals surface area contributed by atoms with Crippen molar-refractivity contribution >= 4 is 17.3 Å². The van der Waals surface area contributed by atoms with Gasteiger partial charge in [-0.3, -0.25) is 10.1 Å². The lowest BCUT2D eigenvalue weighted by molar-refractivity contribution is -0.146. The predicted octanol–water partition coefficient (Wildman–Crippen LogP) is 3.41. The lowest BCUT2D eigenvalue weighted by atomic mass is 9.84. The Kier molecular flexibility index (Phi) is 4.78. The van der Waals surface area contributed by atoms with Gasteiger partial charge in [0.1, 0.15) is 5.54 Å². The Hall–Kier alpha value is -0.870. The van der Waals surface area contributed by atoms with E-state index in [1.807, 2.05) is 11.4 Å². The summed E-state index contributed by atoms with van der Waals surface area (Å²) in [4.78, 5) is 12.8. The van der Waals surface area contributed by atoms with Gasteiger partial charge in [0.05, 0.1) is 0 Å². The van der Waals surface area contributed by atoms with Crippen LogP contribution >= 0.6 is 11.3 Å². The highest BCUT2D eigenvalue weighted by Crippen LogP contribution is 2.27. The quantitative estimate of drug-likeness (QED) is 0.879. The Bertz CT molecular complexity index is 367. The van der Waals surface area contributed by atoms with Crippen LogP contribution in [0.4, 0.5) is 0 Å². The molecule has 4 heteroatoms. The number of nitrogens with one attached hydrogen (secondary N) is 1. The van der Waals surface area contributed by atoms with E-state index >= 15 is 0 Å². The molecule has 0 amide bonds. The Morgan fingerprint density at radius 1 is 1.28 bits per heavy atom. The van der Waals surface area contributed by atoms with Crippen LogP contribution < -0.4 is 5.32 Å². The van der Waals surface area contributed by atoms with Crippen LogP contribution in [-0.2, 0) is 11.3 Å². The molecule has 1 fully saturated rings. The predicted molar refractivity (Wildman–Crippen MR) is 73.8 cm³/mol. The van der Waals surface area contributed by atoms with Crippen molar-refractivity contribution in [2.24, 2.45) is 0 Å². The second-order valence-corrected chi connectivity index (χ2v) is 6.12. The van der Waals surface area contributed by atoms with Gasteiger partial charge in [0.15, 0.2) is 0 Å². The molecule has 1 saturated carbocycles. The Labute approximate surface area is 112 Å². The Morgan fingerprint density at radius 3 is 2.50 bits per heavy atom. The van der Waals surface area contributed by atoms with Gasteiger partial charge in [0.2, 0.25) is 0 Å². The molecule has 0 radical (unpaired) electrons. The number of carboxylic acids is 1. The van der Waals surface area contributed by atoms with E-state index in [2.05, 4.69) is 11.4 Å². The number of thiophene rings is 1. The van der Waals surface area contributed by atoms with Crippen LogP contribution in [0.25, 0.3) is 0 Å². The highest BCUT2D eigenvalue weighted by molar-refractivity contribution is 7.09. The fraction of sp³-hybridized carbons (Fsp3) is 0.643. The zero-order chi connectivity index (χ0) is 12.8. The summed E-state index contributed by atoms with van der Waals surface area (Å²) in [6.45, 7) is 0.671. The van der Waals surface area contributed by atoms with Crippen molar-refractivity contribution in [1.82, 2.24) is 5.32 Å². The zero-order valence-corrected chi connectivity index (χ0v) is 11.5. The van der Waals surface area contributed by atoms with Gasteiger partial charge in [0.25, 0.3) is 0 Å². The summed E-state index contributed by atoms with van der Waals surface area (Å²) in [5.74, 6) is -0.680. The highest BCUT2D eigenvalue weighted by Gasteiger charge is 2.37. The van der Waals surface area contributed by atoms with Crippen LogP contribution in [0.3, 0.4) is 0 Å². The lowest BCUT2D eigenvalue weighted by Crippen LogP contribution is -2.52. The number of hydrogen-bond acceptors (Lipinski definition) is 3. The number of carboxylic acid groups (broad SMARTS) is 1. The van der Waals surface area contributed by atoms with Crippen LogP contribution in [-0.4, -0.2) is 16.6 Å². The average Bonchev–Trinajstić information content (AvgIpc) is 2.80. The number of rotatable bonds is 4. The van der Waals surface area contributed by atoms with Gasteiger partial charge >= 0.3 is 5.97 Å². The minimum absolute atomic E-state index is 0.671. The van der Waals surface area contributed by atoms with Gasteiger partial charge in [-0.25, -0.2) is 0 Å². The molecular weight excluding hydrogens is 246 g/mol. The number of hydrogen-bond donors (Lipinski definition) is 2. The van der Waals surface area contributed by atoms with Gasteiger partial charge in [-0.1, -0.05) is 38.2 Å². The first-order chi connectivity index (χ1) is 8.73. The molecule has 1 heterocycles. The second-order valence-electron chi connectivity index (χ2n) is 5.09. The lowest BCUT2D eigenvalue weighted by Gasteiger charge is -2.32. The summed E-state index contributed by atoms with van der Waals surface area (Å²) in [6.07, 6.45) is 7.13. The van der Waals surface area contributed by atoms with E-state index in [9.17, 15) is 9.90 Å². The summed E-state index contributed by atoms with van der Waals surface area (Å²) >= 11 is 1.68. The molecule has 3 nitrogen and oxygen atoms in total. The SMILES string of the molecule is O=C(O)C1(NCc2cccs2)CCCCCCC1. The summed E-state index contributed by atoms with van der Waals surface area (Å²) in [5.41, 5.74) is -0.704. The molecule has 0 aliphatic heterocycles. The fourth-order valence-corrected chi connectivity index (χ4v) is 3.29. The van der Waals surface area contributed by atoms with E-state index in [0.29, 0.717) is 6.54 Å². The van der Waals surface area contributed by atoms with Crippen molar-refractivity contribution in [3.8, 4) is 0 Å². The normalized spacial score (nSPS) is 20.0. The molecule has 0 atom stereocenters. The minimum Gasteiger partial charge on any atom is -0.480 e. The van der Waals surface area contributed by atoms with Crippen LogP contribution in [0.15, 0.2) is 17.5 Å². The van der Waals surface area contributed by atoms with Crippen molar-refractivity contribution in [3.63, 3.8) is 0 Å². The van der Waals surface area contributed by atoms with E-state index in [0.717, 1.165) is 38.5 Å². The fourth-order valence-electron chi connectivity index (χ4n) is 2.64. The van der Waals surface area contributed by atoms with E-state index in [1.165, 1.54) is 11.3 Å². The van der Waals surface area contributed by atoms with E-state index in [1.54, 1.807) is 11.3 Å². The standard InChI is InChI=1S/C14H21NO2S/c16-13(17)14(8-4-2-1-3-5-9-14)15-11-12-7-6-10-18-12/h6-7,10,15H,1-5,8-9,11H2,(H,16,17). The maximum absolute atomic E-state index is 11.6. The Balaban J connectivity index is 2.02. The topological polar surface area (TPSA) is 49.3 Å². The summed E-state index contributed by atoms with van der Waals surface area (Å²) in [7, 11) is 0. The molecule has 18 heavy (non-hydrogen) atoms. The molecule has 1 aromatic heterocycles. The highest BCUT2D eigenvalue weighted by atomic mass is 32.1. The summed E-state index contributed by atoms with van der Waals surface area (Å²) < 4.78 is 0. The molecule has 0 aromatic carbocycles. The third kappa shape index (κ3) is 3.33. The molecule has 1 aliphatic rings. The molecule has 100 valence electrons. The second kappa shape index (κ2) is 6.34. The van der Waals surface area contributed by atoms with Gasteiger partial charge in [0, 0.05) is 11.4 Å². The molecule has 0 unspecified atom stereocenters. The summed E-state index contributed by atoms with van der Waals surface area (Å²) in [5, 5.41) is 14.9. The molecule has 0 saturated heterocycles. The van der Waals surface area contributed by atoms with Crippen molar-refractivity contribution in [2.75, 3.05) is 0 Å². The third-order valence-corrected chi connectivity index (χ3v) is 4.67. The van der Waals surface area contributed by atoms with Crippen molar-refractivity contribution in [3.05, 3.63) is 22.4 Å². The largest absolute Gasteiger partial charge is 0.480 e. The number of carbonyl (C=O) groups is 1. The summed E-state index contributed by atoms with van der Waals surface area (Å²) in [6, 6.07) is 4.06. The average molecular weight is 267 g/mol. The molecule has 1 aliphatic carbocycles. The first-order valence-electron chi connectivity index (χ1n) is 6.74. The van der Waals surface area contributed by atoms with Crippen molar-refractivity contribution in [1.29, 1.82) is 0 Å². The van der Waals surface area contributed by atoms with Crippen LogP contribution in [0.1, 0.15) is 49.8 Å². The Morgan fingerprint density at radius 2 is 1.94 bits per heavy atom. The van der Waals surface area contributed by atoms with Crippen LogP contribution in [0.5, 0.6) is 0 Å². The van der Waals surface area contributed by atoms with E-state index < -0.39 is 11.5 Å². The maximum atomic E-state index is 11.6. The smallest absolute Gasteiger partial charge is 0.323 e. The third-order valence-electron chi connectivity index (χ3n) is 3.80. The van der Waals surface area contributed by atoms with Gasteiger partial charge in [-0.05, 0) is 24.3 Å². The van der Waals surface area contributed by atoms with Gasteiger partial charge in [-0.15, -0.1) is 11.3 Å². The van der Waals surface area contributed by atoms with Gasteiger partial charge < -0.3 is 5.11 Å².